The molecule has 5 aromatic carbocycles. The summed E-state index contributed by atoms with van der Waals surface area (Å²) in [4.78, 5) is 2.18. The summed E-state index contributed by atoms with van der Waals surface area (Å²) in [6.07, 6.45) is 4.93. The molecule has 254 valence electrons. The summed E-state index contributed by atoms with van der Waals surface area (Å²) in [5, 5.41) is 0.0874. The van der Waals surface area contributed by atoms with Crippen LogP contribution in [0.3, 0.4) is 0 Å². The Morgan fingerprint density at radius 3 is 1.76 bits per heavy atom. The standard InChI is InChI=1S/C23H25N2O2.C22H24B/c1-5-24-18-14-16(3)10-12-20(18)26-22(24)8-7-9-23-25(6-2)19-15-17(4)11-13-21(19)27-23;1-22(2,3)23(19-13-7-4-8-14-19,20-15-9-5-10-16-20)21-17-11-6-12-18-21/h7-15H,5-6H2,1-4H3;4-18H,1-3H3/q+1;-1. The van der Waals surface area contributed by atoms with Gasteiger partial charge in [0.2, 0.25) is 11.5 Å². The lowest BCUT2D eigenvalue weighted by Gasteiger charge is -2.54. The van der Waals surface area contributed by atoms with Gasteiger partial charge in [-0.25, -0.2) is 0 Å². The lowest BCUT2D eigenvalue weighted by atomic mass is 9.07. The van der Waals surface area contributed by atoms with Gasteiger partial charge < -0.3 is 14.1 Å². The van der Waals surface area contributed by atoms with Crippen molar-refractivity contribution in [3.8, 4) is 5.75 Å². The minimum Gasteiger partial charge on any atom is -0.439 e. The number of rotatable bonds is 7. The number of aryl methyl sites for hydroxylation is 3. The van der Waals surface area contributed by atoms with E-state index in [2.05, 4.69) is 173 Å². The highest BCUT2D eigenvalue weighted by Crippen LogP contribution is 2.39. The molecule has 0 spiro atoms. The van der Waals surface area contributed by atoms with E-state index in [9.17, 15) is 0 Å². The first-order valence-electron chi connectivity index (χ1n) is 17.9. The Balaban J connectivity index is 0.000000175. The molecule has 5 heteroatoms. The number of ether oxygens (including phenoxy) is 1. The quantitative estimate of drug-likeness (QED) is 0.126. The van der Waals surface area contributed by atoms with Crippen molar-refractivity contribution in [1.29, 1.82) is 0 Å². The lowest BCUT2D eigenvalue weighted by molar-refractivity contribution is -0.674. The summed E-state index contributed by atoms with van der Waals surface area (Å²) in [5.41, 5.74) is 9.82. The summed E-state index contributed by atoms with van der Waals surface area (Å²) in [6, 6.07) is 45.5. The third kappa shape index (κ3) is 6.65. The van der Waals surface area contributed by atoms with Crippen LogP contribution < -0.4 is 30.6 Å². The van der Waals surface area contributed by atoms with E-state index in [1.807, 2.05) is 30.4 Å². The summed E-state index contributed by atoms with van der Waals surface area (Å²) >= 11 is 0. The number of benzene rings is 5. The fourth-order valence-electron chi connectivity index (χ4n) is 7.84. The van der Waals surface area contributed by atoms with Crippen molar-refractivity contribution in [2.45, 2.75) is 60.3 Å². The predicted molar refractivity (Wildman–Crippen MR) is 212 cm³/mol. The van der Waals surface area contributed by atoms with E-state index >= 15 is 0 Å². The van der Waals surface area contributed by atoms with Gasteiger partial charge in [-0.3, -0.25) is 0 Å². The highest BCUT2D eigenvalue weighted by atomic mass is 16.5. The van der Waals surface area contributed by atoms with E-state index in [0.29, 0.717) is 0 Å². The van der Waals surface area contributed by atoms with Crippen LogP contribution >= 0.6 is 0 Å². The van der Waals surface area contributed by atoms with Gasteiger partial charge in [0.05, 0.1) is 17.9 Å². The molecule has 7 rings (SSSR count). The number of anilines is 1. The van der Waals surface area contributed by atoms with Crippen molar-refractivity contribution in [3.05, 3.63) is 162 Å². The smallest absolute Gasteiger partial charge is 0.374 e. The second kappa shape index (κ2) is 14.7. The van der Waals surface area contributed by atoms with Gasteiger partial charge in [0, 0.05) is 12.6 Å². The number of nitrogens with zero attached hydrogens (tertiary/aromatic N) is 2. The molecular formula is C45H49BN2O2. The molecule has 0 saturated heterocycles. The zero-order chi connectivity index (χ0) is 35.3. The third-order valence-corrected chi connectivity index (χ3v) is 10.1. The molecule has 0 radical (unpaired) electrons. The molecule has 0 unspecified atom stereocenters. The molecule has 1 aliphatic rings. The Labute approximate surface area is 298 Å². The fraction of sp³-hybridized carbons (Fsp3) is 0.222. The number of oxazole rings is 1. The molecule has 1 aliphatic heterocycles. The highest BCUT2D eigenvalue weighted by Gasteiger charge is 2.39. The summed E-state index contributed by atoms with van der Waals surface area (Å²) in [7, 11) is 0. The second-order valence-corrected chi connectivity index (χ2v) is 14.3. The first-order valence-corrected chi connectivity index (χ1v) is 17.9. The number of hydrogen-bond donors (Lipinski definition) is 0. The Hall–Kier alpha value is -5.29. The van der Waals surface area contributed by atoms with Crippen LogP contribution in [-0.2, 0) is 6.54 Å². The van der Waals surface area contributed by atoms with Gasteiger partial charge in [-0.15, -0.1) is 5.31 Å². The van der Waals surface area contributed by atoms with Crippen molar-refractivity contribution in [1.82, 2.24) is 0 Å². The highest BCUT2D eigenvalue weighted by molar-refractivity contribution is 7.13. The maximum absolute atomic E-state index is 6.03. The molecule has 0 saturated carbocycles. The molecule has 50 heavy (non-hydrogen) atoms. The SMILES string of the molecule is CC(C)(C)[B-](c1ccccc1)(c1ccccc1)c1ccccc1.CCN1/C(=C/C=C/c2oc3ccc(C)cc3[n+]2CC)Oc2ccc(C)cc21. The zero-order valence-corrected chi connectivity index (χ0v) is 30.6. The fourth-order valence-corrected chi connectivity index (χ4v) is 7.84. The first-order chi connectivity index (χ1) is 24.2. The van der Waals surface area contributed by atoms with Gasteiger partial charge in [-0.05, 0) is 69.2 Å². The minimum absolute atomic E-state index is 0.0874. The van der Waals surface area contributed by atoms with Gasteiger partial charge in [-0.1, -0.05) is 124 Å². The second-order valence-electron chi connectivity index (χ2n) is 14.3. The molecule has 2 heterocycles. The van der Waals surface area contributed by atoms with Gasteiger partial charge in [0.1, 0.15) is 6.54 Å². The third-order valence-electron chi connectivity index (χ3n) is 10.1. The Morgan fingerprint density at radius 2 is 1.24 bits per heavy atom. The molecule has 1 aromatic heterocycles. The molecule has 6 aromatic rings. The van der Waals surface area contributed by atoms with E-state index in [4.69, 9.17) is 9.15 Å². The predicted octanol–water partition coefficient (Wildman–Crippen LogP) is 9.09. The number of fused-ring (bicyclic) bond motifs is 2. The lowest BCUT2D eigenvalue weighted by Crippen LogP contribution is -2.72. The number of hydrogen-bond acceptors (Lipinski definition) is 3. The Bertz CT molecular complexity index is 2010. The van der Waals surface area contributed by atoms with Crippen molar-refractivity contribution in [3.63, 3.8) is 0 Å². The van der Waals surface area contributed by atoms with Gasteiger partial charge in [-0.2, -0.15) is 21.0 Å². The van der Waals surface area contributed by atoms with Crippen LogP contribution in [0.25, 0.3) is 17.2 Å². The maximum atomic E-state index is 6.03. The van der Waals surface area contributed by atoms with Crippen LogP contribution in [0.5, 0.6) is 5.75 Å². The van der Waals surface area contributed by atoms with Crippen molar-refractivity contribution < 1.29 is 13.7 Å². The van der Waals surface area contributed by atoms with Crippen molar-refractivity contribution in [2.24, 2.45) is 0 Å². The van der Waals surface area contributed by atoms with Gasteiger partial charge in [0.15, 0.2) is 5.75 Å². The summed E-state index contributed by atoms with van der Waals surface area (Å²) in [5.74, 6) is 2.58. The van der Waals surface area contributed by atoms with E-state index < -0.39 is 6.15 Å². The van der Waals surface area contributed by atoms with Crippen molar-refractivity contribution in [2.75, 3.05) is 11.4 Å². The van der Waals surface area contributed by atoms with Crippen LogP contribution in [0.2, 0.25) is 5.31 Å². The maximum Gasteiger partial charge on any atom is 0.374 e. The van der Waals surface area contributed by atoms with Crippen LogP contribution in [0.4, 0.5) is 5.69 Å². The van der Waals surface area contributed by atoms with E-state index in [-0.39, 0.29) is 5.31 Å². The summed E-state index contributed by atoms with van der Waals surface area (Å²) in [6.45, 7) is 17.3. The Morgan fingerprint density at radius 1 is 0.700 bits per heavy atom. The molecule has 0 amide bonds. The normalized spacial score (nSPS) is 13.7. The van der Waals surface area contributed by atoms with Crippen LogP contribution in [0, 0.1) is 13.8 Å². The first kappa shape index (κ1) is 34.6. The molecule has 0 N–H and O–H groups in total. The van der Waals surface area contributed by atoms with E-state index in [0.717, 1.165) is 47.4 Å². The van der Waals surface area contributed by atoms with Crippen LogP contribution in [0.1, 0.15) is 51.6 Å². The number of allylic oxidation sites excluding steroid dienone is 2. The minimum atomic E-state index is -1.06. The van der Waals surface area contributed by atoms with Crippen molar-refractivity contribution >= 4 is 45.4 Å². The summed E-state index contributed by atoms with van der Waals surface area (Å²) < 4.78 is 14.2. The van der Waals surface area contributed by atoms with E-state index in [1.165, 1.54) is 27.5 Å². The van der Waals surface area contributed by atoms with Crippen LogP contribution in [0.15, 0.2) is 150 Å². The largest absolute Gasteiger partial charge is 0.439 e. The monoisotopic (exact) mass is 660 g/mol. The Kier molecular flexibility index (Phi) is 10.1. The molecule has 0 aliphatic carbocycles. The molecule has 0 fully saturated rings. The van der Waals surface area contributed by atoms with E-state index in [1.54, 1.807) is 0 Å². The zero-order valence-electron chi connectivity index (χ0n) is 30.6. The molecule has 0 bridgehead atoms. The van der Waals surface area contributed by atoms with Gasteiger partial charge in [0.25, 0.3) is 5.52 Å². The molecule has 0 atom stereocenters. The average molecular weight is 661 g/mol. The average Bonchev–Trinajstić information content (AvgIpc) is 3.65. The van der Waals surface area contributed by atoms with Crippen LogP contribution in [-0.4, -0.2) is 12.7 Å². The molecule has 4 nitrogen and oxygen atoms in total. The topological polar surface area (TPSA) is 29.5 Å². The molecular weight excluding hydrogens is 611 g/mol. The number of aromatic nitrogens is 1. The van der Waals surface area contributed by atoms with Gasteiger partial charge >= 0.3 is 5.89 Å².